The van der Waals surface area contributed by atoms with Crippen molar-refractivity contribution in [1.82, 2.24) is 14.7 Å². The summed E-state index contributed by atoms with van der Waals surface area (Å²) in [6.07, 6.45) is 3.93. The zero-order chi connectivity index (χ0) is 17.9. The molecule has 0 saturated heterocycles. The SMILES string of the molecule is Nc1nocc1Cc1c(-c2ccccc2)ncn1Cc1cccc(O)c1. The topological polar surface area (TPSA) is 90.1 Å². The highest BCUT2D eigenvalue weighted by atomic mass is 16.5. The van der Waals surface area contributed by atoms with Gasteiger partial charge < -0.3 is 19.9 Å². The Bertz CT molecular complexity index is 1020. The van der Waals surface area contributed by atoms with Gasteiger partial charge in [-0.3, -0.25) is 0 Å². The average Bonchev–Trinajstić information content (AvgIpc) is 3.23. The first-order valence-electron chi connectivity index (χ1n) is 8.27. The number of imidazole rings is 1. The first-order valence-corrected chi connectivity index (χ1v) is 8.27. The Morgan fingerprint density at radius 2 is 1.92 bits per heavy atom. The van der Waals surface area contributed by atoms with E-state index in [9.17, 15) is 5.11 Å². The van der Waals surface area contributed by atoms with Gasteiger partial charge in [0.1, 0.15) is 12.0 Å². The summed E-state index contributed by atoms with van der Waals surface area (Å²) in [6.45, 7) is 0.592. The van der Waals surface area contributed by atoms with Crippen LogP contribution in [0.15, 0.2) is 71.7 Å². The number of hydrogen-bond acceptors (Lipinski definition) is 5. The molecule has 130 valence electrons. The first kappa shape index (κ1) is 16.0. The Kier molecular flexibility index (Phi) is 4.15. The maximum absolute atomic E-state index is 9.73. The lowest BCUT2D eigenvalue weighted by atomic mass is 10.1. The molecule has 0 atom stereocenters. The molecule has 0 bridgehead atoms. The van der Waals surface area contributed by atoms with Gasteiger partial charge in [0.25, 0.3) is 0 Å². The monoisotopic (exact) mass is 346 g/mol. The molecule has 6 heteroatoms. The molecule has 4 aromatic rings. The van der Waals surface area contributed by atoms with Crippen molar-refractivity contribution in [3.8, 4) is 17.0 Å². The molecule has 0 aliphatic rings. The number of anilines is 1. The number of hydrogen-bond donors (Lipinski definition) is 2. The van der Waals surface area contributed by atoms with Crippen LogP contribution in [-0.2, 0) is 13.0 Å². The third kappa shape index (κ3) is 3.17. The summed E-state index contributed by atoms with van der Waals surface area (Å²) in [5, 5.41) is 13.5. The average molecular weight is 346 g/mol. The van der Waals surface area contributed by atoms with Crippen LogP contribution in [0.25, 0.3) is 11.3 Å². The van der Waals surface area contributed by atoms with Crippen LogP contribution in [0.3, 0.4) is 0 Å². The van der Waals surface area contributed by atoms with Crippen LogP contribution >= 0.6 is 0 Å². The Hall–Kier alpha value is -3.54. The molecule has 3 N–H and O–H groups in total. The molecule has 26 heavy (non-hydrogen) atoms. The Labute approximate surface area is 150 Å². The fraction of sp³-hybridized carbons (Fsp3) is 0.100. The molecule has 2 heterocycles. The van der Waals surface area contributed by atoms with Gasteiger partial charge in [0.05, 0.1) is 17.7 Å². The lowest BCUT2D eigenvalue weighted by Crippen LogP contribution is -2.06. The largest absolute Gasteiger partial charge is 0.508 e. The Balaban J connectivity index is 1.76. The van der Waals surface area contributed by atoms with Crippen LogP contribution in [0.5, 0.6) is 5.75 Å². The summed E-state index contributed by atoms with van der Waals surface area (Å²) in [6, 6.07) is 17.2. The lowest BCUT2D eigenvalue weighted by molar-refractivity contribution is 0.422. The van der Waals surface area contributed by atoms with E-state index >= 15 is 0 Å². The number of nitrogens with two attached hydrogens (primary N) is 1. The van der Waals surface area contributed by atoms with Gasteiger partial charge in [-0.05, 0) is 17.7 Å². The van der Waals surface area contributed by atoms with Gasteiger partial charge in [-0.15, -0.1) is 0 Å². The van der Waals surface area contributed by atoms with E-state index in [-0.39, 0.29) is 5.75 Å². The second-order valence-corrected chi connectivity index (χ2v) is 6.11. The van der Waals surface area contributed by atoms with E-state index in [1.165, 1.54) is 0 Å². The van der Waals surface area contributed by atoms with Gasteiger partial charge >= 0.3 is 0 Å². The molecule has 2 aromatic heterocycles. The standard InChI is InChI=1S/C20H18N4O2/c21-20-16(12-26-23-20)10-18-19(15-6-2-1-3-7-15)22-13-24(18)11-14-5-4-8-17(25)9-14/h1-9,12-13,25H,10-11H2,(H2,21,23). The number of nitrogens with zero attached hydrogens (tertiary/aromatic N) is 3. The van der Waals surface area contributed by atoms with E-state index in [4.69, 9.17) is 10.3 Å². The predicted molar refractivity (Wildman–Crippen MR) is 98.6 cm³/mol. The van der Waals surface area contributed by atoms with Crippen molar-refractivity contribution in [1.29, 1.82) is 0 Å². The van der Waals surface area contributed by atoms with Crippen LogP contribution < -0.4 is 5.73 Å². The third-order valence-electron chi connectivity index (χ3n) is 4.29. The fourth-order valence-electron chi connectivity index (χ4n) is 3.00. The second kappa shape index (κ2) is 6.76. The minimum Gasteiger partial charge on any atom is -0.508 e. The molecule has 0 fully saturated rings. The second-order valence-electron chi connectivity index (χ2n) is 6.11. The number of nitrogen functional groups attached to an aromatic ring is 1. The van der Waals surface area contributed by atoms with Crippen molar-refractivity contribution < 1.29 is 9.63 Å². The smallest absolute Gasteiger partial charge is 0.170 e. The number of phenols is 1. The normalized spacial score (nSPS) is 10.9. The summed E-state index contributed by atoms with van der Waals surface area (Å²) in [7, 11) is 0. The van der Waals surface area contributed by atoms with Crippen molar-refractivity contribution in [2.24, 2.45) is 0 Å². The van der Waals surface area contributed by atoms with Gasteiger partial charge in [0.15, 0.2) is 5.82 Å². The molecule has 0 amide bonds. The van der Waals surface area contributed by atoms with Gasteiger partial charge in [0.2, 0.25) is 0 Å². The van der Waals surface area contributed by atoms with Crippen LogP contribution in [0.2, 0.25) is 0 Å². The zero-order valence-corrected chi connectivity index (χ0v) is 14.0. The maximum atomic E-state index is 9.73. The molecule has 4 rings (SSSR count). The minimum atomic E-state index is 0.246. The zero-order valence-electron chi connectivity index (χ0n) is 14.0. The first-order chi connectivity index (χ1) is 12.7. The van der Waals surface area contributed by atoms with Crippen molar-refractivity contribution in [3.63, 3.8) is 0 Å². The number of benzene rings is 2. The molecule has 0 spiro atoms. The molecular formula is C20H18N4O2. The molecule has 0 aliphatic carbocycles. The van der Waals surface area contributed by atoms with E-state index in [2.05, 4.69) is 14.7 Å². The van der Waals surface area contributed by atoms with E-state index in [0.717, 1.165) is 28.1 Å². The quantitative estimate of drug-likeness (QED) is 0.577. The maximum Gasteiger partial charge on any atom is 0.170 e. The predicted octanol–water partition coefficient (Wildman–Crippen LogP) is 3.47. The van der Waals surface area contributed by atoms with Gasteiger partial charge in [-0.25, -0.2) is 4.98 Å². The fourth-order valence-corrected chi connectivity index (χ4v) is 3.00. The van der Waals surface area contributed by atoms with Crippen molar-refractivity contribution >= 4 is 5.82 Å². The number of aromatic nitrogens is 3. The molecule has 2 aromatic carbocycles. The molecule has 0 aliphatic heterocycles. The Morgan fingerprint density at radius 1 is 1.08 bits per heavy atom. The number of aromatic hydroxyl groups is 1. The Morgan fingerprint density at radius 3 is 2.65 bits per heavy atom. The van der Waals surface area contributed by atoms with Crippen LogP contribution in [-0.4, -0.2) is 19.8 Å². The summed E-state index contributed by atoms with van der Waals surface area (Å²) < 4.78 is 7.03. The summed E-state index contributed by atoms with van der Waals surface area (Å²) >= 11 is 0. The highest BCUT2D eigenvalue weighted by Gasteiger charge is 2.16. The van der Waals surface area contributed by atoms with Crippen molar-refractivity contribution in [3.05, 3.63) is 84.0 Å². The van der Waals surface area contributed by atoms with Crippen LogP contribution in [0, 0.1) is 0 Å². The van der Waals surface area contributed by atoms with E-state index in [1.54, 1.807) is 18.4 Å². The van der Waals surface area contributed by atoms with E-state index in [1.807, 2.05) is 48.8 Å². The highest BCUT2D eigenvalue weighted by Crippen LogP contribution is 2.27. The van der Waals surface area contributed by atoms with Gasteiger partial charge in [-0.2, -0.15) is 0 Å². The summed E-state index contributed by atoms with van der Waals surface area (Å²) in [5.74, 6) is 0.629. The number of rotatable bonds is 5. The van der Waals surface area contributed by atoms with Crippen LogP contribution in [0.1, 0.15) is 16.8 Å². The lowest BCUT2D eigenvalue weighted by Gasteiger charge is -2.10. The van der Waals surface area contributed by atoms with E-state index in [0.29, 0.717) is 18.8 Å². The summed E-state index contributed by atoms with van der Waals surface area (Å²) in [5.41, 5.74) is 10.6. The van der Waals surface area contributed by atoms with Crippen molar-refractivity contribution in [2.45, 2.75) is 13.0 Å². The minimum absolute atomic E-state index is 0.246. The molecule has 6 nitrogen and oxygen atoms in total. The summed E-state index contributed by atoms with van der Waals surface area (Å²) in [4.78, 5) is 4.62. The number of phenolic OH excluding ortho intramolecular Hbond substituents is 1. The molecule has 0 radical (unpaired) electrons. The van der Waals surface area contributed by atoms with Crippen LogP contribution in [0.4, 0.5) is 5.82 Å². The third-order valence-corrected chi connectivity index (χ3v) is 4.29. The molecular weight excluding hydrogens is 328 g/mol. The highest BCUT2D eigenvalue weighted by molar-refractivity contribution is 5.63. The van der Waals surface area contributed by atoms with Crippen molar-refractivity contribution in [2.75, 3.05) is 5.73 Å². The van der Waals surface area contributed by atoms with Gasteiger partial charge in [-0.1, -0.05) is 47.6 Å². The molecule has 0 saturated carbocycles. The van der Waals surface area contributed by atoms with E-state index < -0.39 is 0 Å². The van der Waals surface area contributed by atoms with Gasteiger partial charge in [0, 0.05) is 24.1 Å². The molecule has 0 unspecified atom stereocenters.